The smallest absolute Gasteiger partial charge is 0.150 e. The van der Waals surface area contributed by atoms with Crippen LogP contribution in [0.1, 0.15) is 25.1 Å². The molecule has 0 saturated carbocycles. The zero-order chi connectivity index (χ0) is 14.7. The average molecular weight is 296 g/mol. The number of halogens is 2. The zero-order valence-electron chi connectivity index (χ0n) is 12.0. The molecule has 0 saturated heterocycles. The third-order valence-electron chi connectivity index (χ3n) is 3.13. The van der Waals surface area contributed by atoms with Crippen molar-refractivity contribution in [3.63, 3.8) is 0 Å². The maximum atomic E-state index is 13.9. The number of nitrogens with one attached hydrogen (secondary N) is 1. The van der Waals surface area contributed by atoms with Gasteiger partial charge in [0.2, 0.25) is 0 Å². The molecule has 2 rings (SSSR count). The largest absolute Gasteiger partial charge is 0.312 e. The van der Waals surface area contributed by atoms with Gasteiger partial charge in [-0.2, -0.15) is 5.10 Å². The Morgan fingerprint density at radius 3 is 2.80 bits per heavy atom. The Hall–Kier alpha value is -1.39. The van der Waals surface area contributed by atoms with Crippen LogP contribution < -0.4 is 5.32 Å². The van der Waals surface area contributed by atoms with Crippen molar-refractivity contribution in [2.45, 2.75) is 27.3 Å². The number of nitrogens with zero attached hydrogens (tertiary/aromatic N) is 2. The summed E-state index contributed by atoms with van der Waals surface area (Å²) in [5.74, 6) is 0.219. The number of benzene rings is 1. The van der Waals surface area contributed by atoms with Crippen LogP contribution >= 0.6 is 11.6 Å². The van der Waals surface area contributed by atoms with Crippen molar-refractivity contribution in [3.8, 4) is 5.69 Å². The molecule has 0 spiro atoms. The fourth-order valence-electron chi connectivity index (χ4n) is 2.03. The van der Waals surface area contributed by atoms with E-state index in [1.807, 2.05) is 6.92 Å². The fourth-order valence-corrected chi connectivity index (χ4v) is 2.27. The molecule has 0 aliphatic rings. The van der Waals surface area contributed by atoms with Gasteiger partial charge in [-0.1, -0.05) is 31.5 Å². The van der Waals surface area contributed by atoms with E-state index in [-0.39, 0.29) is 5.82 Å². The Morgan fingerprint density at radius 1 is 1.40 bits per heavy atom. The summed E-state index contributed by atoms with van der Waals surface area (Å²) in [4.78, 5) is 0. The molecule has 5 heteroatoms. The molecule has 0 aliphatic carbocycles. The molecular weight excluding hydrogens is 277 g/mol. The molecule has 2 aromatic rings. The van der Waals surface area contributed by atoms with Crippen LogP contribution in [0.5, 0.6) is 0 Å². The molecule has 3 nitrogen and oxygen atoms in total. The van der Waals surface area contributed by atoms with Crippen molar-refractivity contribution >= 4 is 11.6 Å². The molecule has 0 aliphatic heterocycles. The van der Waals surface area contributed by atoms with Crippen molar-refractivity contribution in [2.75, 3.05) is 6.54 Å². The molecule has 0 amide bonds. The van der Waals surface area contributed by atoms with Gasteiger partial charge in [0.25, 0.3) is 0 Å². The first-order valence-electron chi connectivity index (χ1n) is 6.69. The zero-order valence-corrected chi connectivity index (χ0v) is 12.7. The lowest BCUT2D eigenvalue weighted by atomic mass is 10.2. The predicted octanol–water partition coefficient (Wildman–Crippen LogP) is 3.72. The van der Waals surface area contributed by atoms with Gasteiger partial charge in [-0.3, -0.25) is 0 Å². The summed E-state index contributed by atoms with van der Waals surface area (Å²) >= 11 is 6.07. The summed E-state index contributed by atoms with van der Waals surface area (Å²) in [5, 5.41) is 7.97. The third kappa shape index (κ3) is 3.19. The lowest BCUT2D eigenvalue weighted by molar-refractivity contribution is 0.551. The van der Waals surface area contributed by atoms with Crippen LogP contribution in [-0.4, -0.2) is 16.3 Å². The number of aromatic nitrogens is 2. The van der Waals surface area contributed by atoms with Gasteiger partial charge in [0.05, 0.1) is 11.2 Å². The summed E-state index contributed by atoms with van der Waals surface area (Å²) in [6.07, 6.45) is 1.76. The van der Waals surface area contributed by atoms with Crippen molar-refractivity contribution in [3.05, 3.63) is 46.5 Å². The second-order valence-electron chi connectivity index (χ2n) is 5.26. The molecule has 20 heavy (non-hydrogen) atoms. The lowest BCUT2D eigenvalue weighted by Crippen LogP contribution is -2.19. The summed E-state index contributed by atoms with van der Waals surface area (Å²) in [6, 6.07) is 4.64. The highest BCUT2D eigenvalue weighted by atomic mass is 35.5. The minimum absolute atomic E-state index is 0.307. The Bertz CT molecular complexity index is 573. The van der Waals surface area contributed by atoms with Crippen LogP contribution in [0.2, 0.25) is 5.02 Å². The van der Waals surface area contributed by atoms with Crippen LogP contribution in [0.4, 0.5) is 4.39 Å². The standard InChI is InChI=1S/C15H19ClFN3/c1-10(2)7-18-8-12-9-19-20(11(12)3)15-13(16)5-4-6-14(15)17/h4-6,9-10,18H,7-8H2,1-3H3. The van der Waals surface area contributed by atoms with Crippen molar-refractivity contribution in [1.82, 2.24) is 15.1 Å². The fraction of sp³-hybridized carbons (Fsp3) is 0.400. The van der Waals surface area contributed by atoms with Gasteiger partial charge in [-0.05, 0) is 31.5 Å². The molecule has 1 N–H and O–H groups in total. The Kier molecular flexibility index (Phi) is 4.78. The van der Waals surface area contributed by atoms with Crippen molar-refractivity contribution in [1.29, 1.82) is 0 Å². The van der Waals surface area contributed by atoms with Gasteiger partial charge in [0, 0.05) is 17.8 Å². The summed E-state index contributed by atoms with van der Waals surface area (Å²) in [7, 11) is 0. The van der Waals surface area contributed by atoms with E-state index in [1.54, 1.807) is 23.0 Å². The third-order valence-corrected chi connectivity index (χ3v) is 3.43. The lowest BCUT2D eigenvalue weighted by Gasteiger charge is -2.10. The summed E-state index contributed by atoms with van der Waals surface area (Å²) in [5.41, 5.74) is 2.25. The van der Waals surface area contributed by atoms with E-state index in [0.717, 1.165) is 24.3 Å². The highest BCUT2D eigenvalue weighted by Gasteiger charge is 2.14. The highest BCUT2D eigenvalue weighted by Crippen LogP contribution is 2.25. The Labute approximate surface area is 123 Å². The normalized spacial score (nSPS) is 11.3. The molecule has 0 radical (unpaired) electrons. The van der Waals surface area contributed by atoms with Gasteiger partial charge < -0.3 is 5.32 Å². The minimum Gasteiger partial charge on any atom is -0.312 e. The first-order chi connectivity index (χ1) is 9.50. The van der Waals surface area contributed by atoms with E-state index < -0.39 is 0 Å². The van der Waals surface area contributed by atoms with E-state index in [0.29, 0.717) is 16.6 Å². The molecule has 108 valence electrons. The van der Waals surface area contributed by atoms with Gasteiger partial charge in [-0.25, -0.2) is 9.07 Å². The first kappa shape index (κ1) is 15.0. The Balaban J connectivity index is 2.25. The predicted molar refractivity (Wildman–Crippen MR) is 79.8 cm³/mol. The SMILES string of the molecule is Cc1c(CNCC(C)C)cnn1-c1c(F)cccc1Cl. The van der Waals surface area contributed by atoms with Crippen LogP contribution in [0, 0.1) is 18.7 Å². The van der Waals surface area contributed by atoms with Crippen LogP contribution in [0.15, 0.2) is 24.4 Å². The van der Waals surface area contributed by atoms with E-state index >= 15 is 0 Å². The second-order valence-corrected chi connectivity index (χ2v) is 5.67. The topological polar surface area (TPSA) is 29.9 Å². The average Bonchev–Trinajstić information content (AvgIpc) is 2.71. The number of hydrogen-bond acceptors (Lipinski definition) is 2. The van der Waals surface area contributed by atoms with Gasteiger partial charge in [0.15, 0.2) is 0 Å². The van der Waals surface area contributed by atoms with E-state index in [9.17, 15) is 4.39 Å². The number of rotatable bonds is 5. The number of para-hydroxylation sites is 1. The van der Waals surface area contributed by atoms with Gasteiger partial charge >= 0.3 is 0 Å². The Morgan fingerprint density at radius 2 is 2.15 bits per heavy atom. The molecule has 0 atom stereocenters. The molecule has 0 fully saturated rings. The van der Waals surface area contributed by atoms with Crippen LogP contribution in [-0.2, 0) is 6.54 Å². The van der Waals surface area contributed by atoms with Gasteiger partial charge in [0.1, 0.15) is 11.5 Å². The molecular formula is C15H19ClFN3. The quantitative estimate of drug-likeness (QED) is 0.911. The molecule has 1 heterocycles. The van der Waals surface area contributed by atoms with Crippen LogP contribution in [0.3, 0.4) is 0 Å². The van der Waals surface area contributed by atoms with Crippen molar-refractivity contribution in [2.24, 2.45) is 5.92 Å². The number of hydrogen-bond donors (Lipinski definition) is 1. The van der Waals surface area contributed by atoms with E-state index in [4.69, 9.17) is 11.6 Å². The van der Waals surface area contributed by atoms with Crippen LogP contribution in [0.25, 0.3) is 5.69 Å². The maximum absolute atomic E-state index is 13.9. The molecule has 1 aromatic heterocycles. The van der Waals surface area contributed by atoms with E-state index in [1.165, 1.54) is 6.07 Å². The summed E-state index contributed by atoms with van der Waals surface area (Å²) in [6.45, 7) is 7.88. The monoisotopic (exact) mass is 295 g/mol. The summed E-state index contributed by atoms with van der Waals surface area (Å²) < 4.78 is 15.5. The van der Waals surface area contributed by atoms with E-state index in [2.05, 4.69) is 24.3 Å². The van der Waals surface area contributed by atoms with Crippen molar-refractivity contribution < 1.29 is 4.39 Å². The van der Waals surface area contributed by atoms with Gasteiger partial charge in [-0.15, -0.1) is 0 Å². The second kappa shape index (κ2) is 6.37. The molecule has 1 aromatic carbocycles. The molecule has 0 bridgehead atoms. The minimum atomic E-state index is -0.370. The first-order valence-corrected chi connectivity index (χ1v) is 7.07. The molecule has 0 unspecified atom stereocenters. The highest BCUT2D eigenvalue weighted by molar-refractivity contribution is 6.32. The maximum Gasteiger partial charge on any atom is 0.150 e.